The Kier molecular flexibility index (Phi) is 4.01. The van der Waals surface area contributed by atoms with Gasteiger partial charge in [-0.25, -0.2) is 4.39 Å². The van der Waals surface area contributed by atoms with E-state index in [9.17, 15) is 4.39 Å². The minimum atomic E-state index is -2.41. The molecule has 2 rings (SSSR count). The fourth-order valence-electron chi connectivity index (χ4n) is 1.23. The first kappa shape index (κ1) is 12.8. The van der Waals surface area contributed by atoms with Crippen LogP contribution < -0.4 is 0 Å². The zero-order chi connectivity index (χ0) is 12.3. The van der Waals surface area contributed by atoms with Crippen molar-refractivity contribution in [2.45, 2.75) is 4.59 Å². The molecule has 0 N–H and O–H groups in total. The molecule has 90 valence electrons. The molecule has 0 unspecified atom stereocenters. The maximum atomic E-state index is 13.3. The monoisotopic (exact) mass is 291 g/mol. The van der Waals surface area contributed by atoms with E-state index in [1.807, 2.05) is 0 Å². The molecule has 0 saturated carbocycles. The number of hydrogen-bond acceptors (Lipinski definition) is 4. The van der Waals surface area contributed by atoms with Crippen molar-refractivity contribution < 1.29 is 4.39 Å². The highest BCUT2D eigenvalue weighted by Gasteiger charge is 2.25. The average molecular weight is 292 g/mol. The standard InChI is InChI=1S/C10H8Cl2FN3S/c11-10(12,13)7-2-1-3-8(6-7)15-16-9-14-4-5-17-9/h1-3,6H,4-5H2. The average Bonchev–Trinajstić information content (AvgIpc) is 2.78. The van der Waals surface area contributed by atoms with Crippen LogP contribution in [0.5, 0.6) is 0 Å². The molecule has 17 heavy (non-hydrogen) atoms. The van der Waals surface area contributed by atoms with E-state index in [-0.39, 0.29) is 5.56 Å². The Morgan fingerprint density at radius 2 is 2.18 bits per heavy atom. The summed E-state index contributed by atoms with van der Waals surface area (Å²) < 4.78 is 10.9. The van der Waals surface area contributed by atoms with Crippen molar-refractivity contribution in [3.05, 3.63) is 29.8 Å². The maximum Gasteiger partial charge on any atom is 0.283 e. The number of hydrogen-bond donors (Lipinski definition) is 0. The van der Waals surface area contributed by atoms with Crippen molar-refractivity contribution in [3.8, 4) is 0 Å². The number of benzene rings is 1. The van der Waals surface area contributed by atoms with Gasteiger partial charge in [-0.1, -0.05) is 47.1 Å². The lowest BCUT2D eigenvalue weighted by atomic mass is 10.2. The third kappa shape index (κ3) is 3.66. The number of amidine groups is 1. The summed E-state index contributed by atoms with van der Waals surface area (Å²) in [5, 5.41) is 8.54. The van der Waals surface area contributed by atoms with Gasteiger partial charge in [-0.3, -0.25) is 4.99 Å². The Morgan fingerprint density at radius 3 is 2.82 bits per heavy atom. The number of nitrogens with zero attached hydrogens (tertiary/aromatic N) is 3. The van der Waals surface area contributed by atoms with Crippen LogP contribution >= 0.6 is 35.0 Å². The first-order valence-corrected chi connectivity index (χ1v) is 6.56. The molecule has 1 aliphatic rings. The van der Waals surface area contributed by atoms with E-state index in [0.29, 0.717) is 10.9 Å². The molecular formula is C10H8Cl2FN3S. The molecule has 0 aromatic heterocycles. The molecule has 0 fully saturated rings. The van der Waals surface area contributed by atoms with Crippen LogP contribution in [0.1, 0.15) is 5.56 Å². The lowest BCUT2D eigenvalue weighted by Gasteiger charge is -2.08. The van der Waals surface area contributed by atoms with E-state index in [2.05, 4.69) is 15.2 Å². The molecule has 0 spiro atoms. The zero-order valence-corrected chi connectivity index (χ0v) is 10.9. The molecule has 7 heteroatoms. The topological polar surface area (TPSA) is 37.1 Å². The van der Waals surface area contributed by atoms with E-state index in [4.69, 9.17) is 23.2 Å². The van der Waals surface area contributed by atoms with Crippen LogP contribution in [0.2, 0.25) is 0 Å². The molecule has 1 aromatic carbocycles. The van der Waals surface area contributed by atoms with Gasteiger partial charge in [0.1, 0.15) is 0 Å². The zero-order valence-electron chi connectivity index (χ0n) is 8.61. The first-order valence-electron chi connectivity index (χ1n) is 4.82. The normalized spacial score (nSPS) is 16.5. The summed E-state index contributed by atoms with van der Waals surface area (Å²) in [4.78, 5) is 4.11. The predicted octanol–water partition coefficient (Wildman–Crippen LogP) is 4.43. The lowest BCUT2D eigenvalue weighted by Crippen LogP contribution is -2.00. The molecule has 0 atom stereocenters. The van der Waals surface area contributed by atoms with Crippen molar-refractivity contribution in [3.63, 3.8) is 0 Å². The molecule has 0 saturated heterocycles. The summed E-state index contributed by atoms with van der Waals surface area (Å²) in [6.07, 6.45) is 0. The summed E-state index contributed by atoms with van der Waals surface area (Å²) in [7, 11) is 0. The summed E-state index contributed by atoms with van der Waals surface area (Å²) in [5.41, 5.74) is 0.624. The molecule has 0 bridgehead atoms. The van der Waals surface area contributed by atoms with E-state index >= 15 is 0 Å². The fourth-order valence-corrected chi connectivity index (χ4v) is 2.11. The second kappa shape index (κ2) is 5.33. The van der Waals surface area contributed by atoms with Gasteiger partial charge in [-0.2, -0.15) is 0 Å². The Labute approximate surface area is 112 Å². The largest absolute Gasteiger partial charge is 0.283 e. The Morgan fingerprint density at radius 1 is 1.35 bits per heavy atom. The maximum absolute atomic E-state index is 13.3. The van der Waals surface area contributed by atoms with E-state index in [1.165, 1.54) is 23.9 Å². The van der Waals surface area contributed by atoms with Crippen molar-refractivity contribution in [1.29, 1.82) is 0 Å². The van der Waals surface area contributed by atoms with Gasteiger partial charge in [0.25, 0.3) is 4.59 Å². The molecule has 0 radical (unpaired) electrons. The molecule has 1 aromatic rings. The number of thioether (sulfide) groups is 1. The van der Waals surface area contributed by atoms with Crippen LogP contribution in [-0.2, 0) is 4.59 Å². The lowest BCUT2D eigenvalue weighted by molar-refractivity contribution is 0.405. The van der Waals surface area contributed by atoms with E-state index in [1.54, 1.807) is 12.1 Å². The van der Waals surface area contributed by atoms with Gasteiger partial charge in [-0.15, -0.1) is 10.2 Å². The van der Waals surface area contributed by atoms with Gasteiger partial charge in [0, 0.05) is 11.3 Å². The number of aliphatic imine (C=N–C) groups is 1. The Hall–Kier alpha value is -0.650. The van der Waals surface area contributed by atoms with Gasteiger partial charge < -0.3 is 0 Å². The summed E-state index contributed by atoms with van der Waals surface area (Å²) in [5.74, 6) is 0.922. The van der Waals surface area contributed by atoms with Crippen molar-refractivity contribution >= 4 is 45.8 Å². The highest BCUT2D eigenvalue weighted by Crippen LogP contribution is 2.36. The summed E-state index contributed by atoms with van der Waals surface area (Å²) >= 11 is 12.2. The van der Waals surface area contributed by atoms with Gasteiger partial charge >= 0.3 is 0 Å². The minimum Gasteiger partial charge on any atom is -0.258 e. The van der Waals surface area contributed by atoms with Gasteiger partial charge in [0.05, 0.1) is 12.2 Å². The summed E-state index contributed by atoms with van der Waals surface area (Å²) in [6.45, 7) is 0.760. The Balaban J connectivity index is 2.16. The van der Waals surface area contributed by atoms with Crippen molar-refractivity contribution in [2.24, 2.45) is 15.2 Å². The number of rotatable bonds is 2. The van der Waals surface area contributed by atoms with Crippen LogP contribution in [0.4, 0.5) is 10.1 Å². The number of alkyl halides is 3. The molecule has 1 aliphatic heterocycles. The van der Waals surface area contributed by atoms with Crippen LogP contribution in [0.15, 0.2) is 39.5 Å². The Bertz CT molecular complexity index is 471. The second-order valence-electron chi connectivity index (χ2n) is 3.26. The molecule has 1 heterocycles. The molecular weight excluding hydrogens is 284 g/mol. The van der Waals surface area contributed by atoms with E-state index in [0.717, 1.165) is 12.3 Å². The molecule has 0 amide bonds. The fraction of sp³-hybridized carbons (Fsp3) is 0.300. The smallest absolute Gasteiger partial charge is 0.258 e. The van der Waals surface area contributed by atoms with Crippen molar-refractivity contribution in [1.82, 2.24) is 0 Å². The SMILES string of the molecule is FC(Cl)(Cl)c1cccc(N=NC2=NCCS2)c1. The third-order valence-electron chi connectivity index (χ3n) is 1.99. The van der Waals surface area contributed by atoms with Crippen LogP contribution in [0, 0.1) is 0 Å². The van der Waals surface area contributed by atoms with Crippen LogP contribution in [0.3, 0.4) is 0 Å². The van der Waals surface area contributed by atoms with Gasteiger partial charge in [0.15, 0.2) is 0 Å². The third-order valence-corrected chi connectivity index (χ3v) is 3.29. The van der Waals surface area contributed by atoms with Crippen LogP contribution in [0.25, 0.3) is 0 Å². The number of halogens is 3. The van der Waals surface area contributed by atoms with E-state index < -0.39 is 4.59 Å². The highest BCUT2D eigenvalue weighted by molar-refractivity contribution is 8.14. The van der Waals surface area contributed by atoms with Gasteiger partial charge in [-0.05, 0) is 12.1 Å². The first-order chi connectivity index (χ1) is 8.05. The minimum absolute atomic E-state index is 0.137. The van der Waals surface area contributed by atoms with Crippen molar-refractivity contribution in [2.75, 3.05) is 12.3 Å². The van der Waals surface area contributed by atoms with Crippen LogP contribution in [-0.4, -0.2) is 17.5 Å². The molecule has 3 nitrogen and oxygen atoms in total. The highest BCUT2D eigenvalue weighted by atomic mass is 35.5. The van der Waals surface area contributed by atoms with Gasteiger partial charge in [0.2, 0.25) is 5.17 Å². The molecule has 0 aliphatic carbocycles. The number of azo groups is 1. The quantitative estimate of drug-likeness (QED) is 0.587. The second-order valence-corrected chi connectivity index (χ2v) is 5.56. The summed E-state index contributed by atoms with van der Waals surface area (Å²) in [6, 6.07) is 6.24. The predicted molar refractivity (Wildman–Crippen MR) is 70.2 cm³/mol.